The van der Waals surface area contributed by atoms with Crippen LogP contribution in [0.4, 0.5) is 0 Å². The molecular weight excluding hydrogens is 288 g/mol. The fourth-order valence-electron chi connectivity index (χ4n) is 4.68. The molecule has 1 unspecified atom stereocenters. The highest BCUT2D eigenvalue weighted by atomic mass is 14.2. The molecule has 3 aromatic rings. The lowest BCUT2D eigenvalue weighted by Crippen LogP contribution is -2.02. The van der Waals surface area contributed by atoms with Crippen molar-refractivity contribution in [2.24, 2.45) is 5.92 Å². The van der Waals surface area contributed by atoms with Crippen LogP contribution >= 0.6 is 0 Å². The first kappa shape index (κ1) is 12.5. The Morgan fingerprint density at radius 2 is 1.38 bits per heavy atom. The Morgan fingerprint density at radius 1 is 0.708 bits per heavy atom. The average molecular weight is 304 g/mol. The molecule has 3 aliphatic rings. The summed E-state index contributed by atoms with van der Waals surface area (Å²) in [5.74, 6) is 0.471. The fraction of sp³-hybridized carbons (Fsp3) is 0.0833. The minimum Gasteiger partial charge on any atom is -0.0772 e. The van der Waals surface area contributed by atoms with E-state index in [4.69, 9.17) is 0 Å². The van der Waals surface area contributed by atoms with Crippen LogP contribution in [0.5, 0.6) is 0 Å². The van der Waals surface area contributed by atoms with Crippen LogP contribution in [0.2, 0.25) is 0 Å². The van der Waals surface area contributed by atoms with Crippen LogP contribution < -0.4 is 5.22 Å². The van der Waals surface area contributed by atoms with E-state index in [0.717, 1.165) is 0 Å². The number of fused-ring (bicyclic) bond motifs is 4. The topological polar surface area (TPSA) is 0 Å². The minimum absolute atomic E-state index is 0.471. The van der Waals surface area contributed by atoms with Crippen LogP contribution in [0.1, 0.15) is 12.5 Å². The molecule has 0 heterocycles. The first-order chi connectivity index (χ1) is 11.8. The number of allylic oxidation sites excluding steroid dienone is 1. The summed E-state index contributed by atoms with van der Waals surface area (Å²) in [6.07, 6.45) is 7.07. The first-order valence-corrected chi connectivity index (χ1v) is 8.64. The summed E-state index contributed by atoms with van der Waals surface area (Å²) in [4.78, 5) is 0. The van der Waals surface area contributed by atoms with Crippen molar-refractivity contribution in [2.75, 3.05) is 0 Å². The predicted octanol–water partition coefficient (Wildman–Crippen LogP) is 5.47. The maximum atomic E-state index is 2.39. The molecule has 0 spiro atoms. The quantitative estimate of drug-likeness (QED) is 0.356. The van der Waals surface area contributed by atoms with E-state index >= 15 is 0 Å². The van der Waals surface area contributed by atoms with Gasteiger partial charge in [-0.3, -0.25) is 0 Å². The number of rotatable bonds is 0. The van der Waals surface area contributed by atoms with E-state index in [9.17, 15) is 0 Å². The zero-order valence-electron chi connectivity index (χ0n) is 13.5. The zero-order chi connectivity index (χ0) is 15.8. The first-order valence-electron chi connectivity index (χ1n) is 8.64. The Kier molecular flexibility index (Phi) is 2.17. The number of hydrogen-bond donors (Lipinski definition) is 0. The van der Waals surface area contributed by atoms with Crippen molar-refractivity contribution in [3.8, 4) is 0 Å². The molecule has 3 aromatic carbocycles. The highest BCUT2D eigenvalue weighted by Gasteiger charge is 2.18. The molecule has 0 saturated heterocycles. The molecule has 6 rings (SSSR count). The maximum Gasteiger partial charge on any atom is -0.00134 e. The van der Waals surface area contributed by atoms with Gasteiger partial charge in [0.05, 0.1) is 0 Å². The van der Waals surface area contributed by atoms with Gasteiger partial charge < -0.3 is 0 Å². The summed E-state index contributed by atoms with van der Waals surface area (Å²) in [6.45, 7) is 2.26. The summed E-state index contributed by atoms with van der Waals surface area (Å²) in [5, 5.41) is 12.6. The fourth-order valence-corrected chi connectivity index (χ4v) is 4.68. The molecule has 0 aliphatic heterocycles. The largest absolute Gasteiger partial charge is 0.0772 e. The molecule has 0 saturated carbocycles. The summed E-state index contributed by atoms with van der Waals surface area (Å²) in [6, 6.07) is 20.2. The maximum absolute atomic E-state index is 2.39. The molecular formula is C24H16. The van der Waals surface area contributed by atoms with Crippen LogP contribution in [-0.4, -0.2) is 0 Å². The van der Waals surface area contributed by atoms with E-state index in [2.05, 4.69) is 79.7 Å². The zero-order valence-corrected chi connectivity index (χ0v) is 13.5. The van der Waals surface area contributed by atoms with E-state index < -0.39 is 0 Å². The lowest BCUT2D eigenvalue weighted by molar-refractivity contribution is 1.00. The molecule has 112 valence electrons. The average Bonchev–Trinajstić information content (AvgIpc) is 3.04. The predicted molar refractivity (Wildman–Crippen MR) is 103 cm³/mol. The number of benzene rings is 3. The molecule has 0 nitrogen and oxygen atoms in total. The Labute approximate surface area is 139 Å². The van der Waals surface area contributed by atoms with Crippen molar-refractivity contribution in [2.45, 2.75) is 6.92 Å². The van der Waals surface area contributed by atoms with Gasteiger partial charge in [-0.05, 0) is 59.5 Å². The molecule has 24 heavy (non-hydrogen) atoms. The monoisotopic (exact) mass is 304 g/mol. The van der Waals surface area contributed by atoms with Gasteiger partial charge in [0, 0.05) is 0 Å². The third-order valence-electron chi connectivity index (χ3n) is 5.61. The van der Waals surface area contributed by atoms with Crippen LogP contribution in [0, 0.1) is 16.4 Å². The Hall–Kier alpha value is -2.86. The summed E-state index contributed by atoms with van der Waals surface area (Å²) in [5.41, 5.74) is 1.40. The molecule has 0 heteroatoms. The lowest BCUT2D eigenvalue weighted by atomic mass is 10.0. The lowest BCUT2D eigenvalue weighted by Gasteiger charge is -2.01. The van der Waals surface area contributed by atoms with Crippen LogP contribution in [0.3, 0.4) is 0 Å². The van der Waals surface area contributed by atoms with Gasteiger partial charge in [-0.25, -0.2) is 0 Å². The van der Waals surface area contributed by atoms with Crippen molar-refractivity contribution >= 4 is 44.5 Å². The number of hydrogen-bond acceptors (Lipinski definition) is 0. The third kappa shape index (κ3) is 1.36. The molecule has 0 radical (unpaired) electrons. The molecule has 0 N–H and O–H groups in total. The minimum atomic E-state index is 0.471. The second-order valence-electron chi connectivity index (χ2n) is 7.03. The van der Waals surface area contributed by atoms with E-state index in [0.29, 0.717) is 5.92 Å². The Morgan fingerprint density at radius 3 is 2.17 bits per heavy atom. The Balaban J connectivity index is 2.07. The highest BCUT2D eigenvalue weighted by molar-refractivity contribution is 6.16. The molecule has 3 aliphatic carbocycles. The van der Waals surface area contributed by atoms with Crippen molar-refractivity contribution in [3.05, 3.63) is 81.9 Å². The molecule has 0 aromatic heterocycles. The SMILES string of the molecule is CC1C=Cc2c3c4cccc5cccc(c=3c3cccc(c23)=C1)c54. The van der Waals surface area contributed by atoms with Gasteiger partial charge in [0.15, 0.2) is 0 Å². The van der Waals surface area contributed by atoms with Gasteiger partial charge in [-0.1, -0.05) is 79.7 Å². The summed E-state index contributed by atoms with van der Waals surface area (Å²) >= 11 is 0. The molecule has 0 fully saturated rings. The van der Waals surface area contributed by atoms with Gasteiger partial charge in [0.2, 0.25) is 0 Å². The van der Waals surface area contributed by atoms with Crippen molar-refractivity contribution < 1.29 is 0 Å². The van der Waals surface area contributed by atoms with Gasteiger partial charge in [-0.15, -0.1) is 0 Å². The van der Waals surface area contributed by atoms with Crippen molar-refractivity contribution in [3.63, 3.8) is 0 Å². The van der Waals surface area contributed by atoms with Crippen LogP contribution in [-0.2, 0) is 0 Å². The second kappa shape index (κ2) is 4.15. The van der Waals surface area contributed by atoms with E-state index in [1.54, 1.807) is 0 Å². The Bertz CT molecular complexity index is 1400. The van der Waals surface area contributed by atoms with Gasteiger partial charge in [-0.2, -0.15) is 0 Å². The van der Waals surface area contributed by atoms with Gasteiger partial charge >= 0.3 is 0 Å². The van der Waals surface area contributed by atoms with E-state index in [-0.39, 0.29) is 0 Å². The van der Waals surface area contributed by atoms with Crippen LogP contribution in [0.15, 0.2) is 60.7 Å². The van der Waals surface area contributed by atoms with Crippen molar-refractivity contribution in [1.82, 2.24) is 0 Å². The highest BCUT2D eigenvalue weighted by Crippen LogP contribution is 2.38. The molecule has 0 bridgehead atoms. The third-order valence-corrected chi connectivity index (χ3v) is 5.61. The smallest absolute Gasteiger partial charge is 0.00134 e. The van der Waals surface area contributed by atoms with Crippen molar-refractivity contribution in [1.29, 1.82) is 0 Å². The second-order valence-corrected chi connectivity index (χ2v) is 7.03. The van der Waals surface area contributed by atoms with E-state index in [1.165, 1.54) is 53.5 Å². The summed E-state index contributed by atoms with van der Waals surface area (Å²) in [7, 11) is 0. The molecule has 1 atom stereocenters. The van der Waals surface area contributed by atoms with Gasteiger partial charge in [0.1, 0.15) is 0 Å². The summed E-state index contributed by atoms with van der Waals surface area (Å²) < 4.78 is 0. The van der Waals surface area contributed by atoms with E-state index in [1.807, 2.05) is 0 Å². The standard InChI is InChI=1S/C24H16/c1-14-11-12-20-22-16(13-14)7-4-10-19(22)23-17-8-2-5-15-6-3-9-18(21(15)17)24(20)23/h2-14H,1H3. The molecule has 0 amide bonds. The van der Waals surface area contributed by atoms with Crippen LogP contribution in [0.25, 0.3) is 44.5 Å². The normalized spacial score (nSPS) is 17.1. The van der Waals surface area contributed by atoms with Gasteiger partial charge in [0.25, 0.3) is 0 Å².